The van der Waals surface area contributed by atoms with E-state index in [4.69, 9.17) is 16.3 Å². The number of hydrogen-bond donors (Lipinski definition) is 0. The highest BCUT2D eigenvalue weighted by Gasteiger charge is 2.01. The highest BCUT2D eigenvalue weighted by molar-refractivity contribution is 6.31. The van der Waals surface area contributed by atoms with Crippen molar-refractivity contribution in [2.24, 2.45) is 0 Å². The highest BCUT2D eigenvalue weighted by Crippen LogP contribution is 2.15. The van der Waals surface area contributed by atoms with Crippen LogP contribution in [0.4, 0.5) is 0 Å². The van der Waals surface area contributed by atoms with Crippen molar-refractivity contribution in [1.82, 2.24) is 0 Å². The van der Waals surface area contributed by atoms with Gasteiger partial charge in [0.15, 0.2) is 0 Å². The van der Waals surface area contributed by atoms with Crippen LogP contribution in [0, 0.1) is 0 Å². The highest BCUT2D eigenvalue weighted by atomic mass is 35.5. The van der Waals surface area contributed by atoms with Crippen LogP contribution in [-0.4, -0.2) is 6.10 Å². The van der Waals surface area contributed by atoms with Gasteiger partial charge in [-0.25, -0.2) is 0 Å². The zero-order valence-electron chi connectivity index (χ0n) is 6.93. The van der Waals surface area contributed by atoms with E-state index in [1.54, 1.807) is 12.2 Å². The van der Waals surface area contributed by atoms with E-state index in [1.165, 1.54) is 0 Å². The van der Waals surface area contributed by atoms with E-state index in [2.05, 4.69) is 13.2 Å². The quantitative estimate of drug-likeness (QED) is 0.467. The lowest BCUT2D eigenvalue weighted by molar-refractivity contribution is 0.156. The van der Waals surface area contributed by atoms with E-state index in [0.29, 0.717) is 10.8 Å². The Bertz CT molecular complexity index is 180. The molecule has 2 heteroatoms. The summed E-state index contributed by atoms with van der Waals surface area (Å²) >= 11 is 5.63. The molecule has 0 radical (unpaired) electrons. The molecule has 0 saturated carbocycles. The molecular formula is C9H13ClO. The van der Waals surface area contributed by atoms with Gasteiger partial charge in [0.1, 0.15) is 5.76 Å². The minimum atomic E-state index is 0.108. The number of hydrogen-bond acceptors (Lipinski definition) is 1. The van der Waals surface area contributed by atoms with Gasteiger partial charge in [-0.15, -0.1) is 0 Å². The van der Waals surface area contributed by atoms with Gasteiger partial charge in [-0.1, -0.05) is 30.8 Å². The van der Waals surface area contributed by atoms with Gasteiger partial charge in [-0.3, -0.25) is 0 Å². The van der Waals surface area contributed by atoms with Crippen molar-refractivity contribution in [2.75, 3.05) is 0 Å². The van der Waals surface area contributed by atoms with Crippen molar-refractivity contribution in [2.45, 2.75) is 20.0 Å². The van der Waals surface area contributed by atoms with Gasteiger partial charge in [0.2, 0.25) is 0 Å². The summed E-state index contributed by atoms with van der Waals surface area (Å²) in [5.74, 6) is 0.580. The van der Waals surface area contributed by atoms with Crippen molar-refractivity contribution < 1.29 is 4.74 Å². The van der Waals surface area contributed by atoms with Gasteiger partial charge >= 0.3 is 0 Å². The molecule has 0 atom stereocenters. The number of allylic oxidation sites excluding steroid dienone is 3. The second-order valence-electron chi connectivity index (χ2n) is 2.34. The lowest BCUT2D eigenvalue weighted by Gasteiger charge is -2.11. The molecule has 0 saturated heterocycles. The van der Waals surface area contributed by atoms with E-state index in [0.717, 1.165) is 0 Å². The number of ether oxygens (including phenoxy) is 1. The summed E-state index contributed by atoms with van der Waals surface area (Å²) in [6, 6.07) is 0. The van der Waals surface area contributed by atoms with Crippen molar-refractivity contribution in [3.8, 4) is 0 Å². The average Bonchev–Trinajstić information content (AvgIpc) is 1.86. The topological polar surface area (TPSA) is 9.23 Å². The van der Waals surface area contributed by atoms with Gasteiger partial charge in [0, 0.05) is 0 Å². The number of rotatable bonds is 4. The van der Waals surface area contributed by atoms with Crippen LogP contribution in [0.25, 0.3) is 0 Å². The second kappa shape index (κ2) is 5.03. The maximum atomic E-state index is 5.63. The summed E-state index contributed by atoms with van der Waals surface area (Å²) in [5, 5.41) is 0.401. The first-order valence-electron chi connectivity index (χ1n) is 3.42. The molecular weight excluding hydrogens is 160 g/mol. The van der Waals surface area contributed by atoms with Gasteiger partial charge in [-0.2, -0.15) is 0 Å². The molecule has 0 aromatic heterocycles. The van der Waals surface area contributed by atoms with Crippen LogP contribution in [0.15, 0.2) is 36.1 Å². The fourth-order valence-corrected chi connectivity index (χ4v) is 0.662. The van der Waals surface area contributed by atoms with E-state index < -0.39 is 0 Å². The largest absolute Gasteiger partial charge is 0.489 e. The maximum Gasteiger partial charge on any atom is 0.137 e. The van der Waals surface area contributed by atoms with Crippen molar-refractivity contribution in [3.05, 3.63) is 36.1 Å². The molecule has 0 aliphatic carbocycles. The van der Waals surface area contributed by atoms with E-state index in [-0.39, 0.29) is 6.10 Å². The third kappa shape index (κ3) is 4.68. The monoisotopic (exact) mass is 172 g/mol. The third-order valence-electron chi connectivity index (χ3n) is 0.899. The lowest BCUT2D eigenvalue weighted by atomic mass is 10.4. The molecule has 0 aromatic rings. The van der Waals surface area contributed by atoms with Gasteiger partial charge < -0.3 is 4.74 Å². The summed E-state index contributed by atoms with van der Waals surface area (Å²) in [5.41, 5.74) is 0. The molecule has 0 spiro atoms. The molecule has 0 heterocycles. The van der Waals surface area contributed by atoms with Crippen LogP contribution < -0.4 is 0 Å². The first-order chi connectivity index (χ1) is 5.07. The second-order valence-corrected chi connectivity index (χ2v) is 2.79. The average molecular weight is 173 g/mol. The Hall–Kier alpha value is -0.690. The van der Waals surface area contributed by atoms with Crippen LogP contribution in [0.3, 0.4) is 0 Å². The lowest BCUT2D eigenvalue weighted by Crippen LogP contribution is -2.01. The summed E-state index contributed by atoms with van der Waals surface area (Å²) in [7, 11) is 0. The molecule has 0 unspecified atom stereocenters. The molecule has 0 aliphatic heterocycles. The molecule has 0 N–H and O–H groups in total. The van der Waals surface area contributed by atoms with Crippen molar-refractivity contribution in [1.29, 1.82) is 0 Å². The van der Waals surface area contributed by atoms with Crippen LogP contribution in [0.1, 0.15) is 13.8 Å². The third-order valence-corrected chi connectivity index (χ3v) is 1.09. The Balaban J connectivity index is 4.23. The Labute approximate surface area is 73.0 Å². The zero-order chi connectivity index (χ0) is 8.85. The fourth-order valence-electron chi connectivity index (χ4n) is 0.555. The van der Waals surface area contributed by atoms with Gasteiger partial charge in [0.25, 0.3) is 0 Å². The smallest absolute Gasteiger partial charge is 0.137 e. The van der Waals surface area contributed by atoms with E-state index in [9.17, 15) is 0 Å². The summed E-state index contributed by atoms with van der Waals surface area (Å²) in [6.07, 6.45) is 3.41. The maximum absolute atomic E-state index is 5.63. The molecule has 0 aliphatic rings. The predicted octanol–water partition coefficient (Wildman–Crippen LogP) is 3.23. The predicted molar refractivity (Wildman–Crippen MR) is 49.5 cm³/mol. The fraction of sp³-hybridized carbons (Fsp3) is 0.333. The first-order valence-corrected chi connectivity index (χ1v) is 3.80. The van der Waals surface area contributed by atoms with E-state index in [1.807, 2.05) is 13.8 Å². The van der Waals surface area contributed by atoms with Crippen LogP contribution >= 0.6 is 11.6 Å². The van der Waals surface area contributed by atoms with Crippen LogP contribution in [0.2, 0.25) is 0 Å². The molecule has 0 rings (SSSR count). The summed E-state index contributed by atoms with van der Waals surface area (Å²) in [6.45, 7) is 10.9. The molecule has 11 heavy (non-hydrogen) atoms. The molecule has 0 amide bonds. The molecule has 62 valence electrons. The minimum Gasteiger partial charge on any atom is -0.489 e. The summed E-state index contributed by atoms with van der Waals surface area (Å²) < 4.78 is 5.31. The standard InChI is InChI=1S/C9H13ClO/c1-5-6-9(8(4)10)11-7(2)3/h5-7H,1,4H2,2-3H3/b9-6+. The normalized spacial score (nSPS) is 11.5. The Morgan fingerprint density at radius 3 is 2.36 bits per heavy atom. The number of halogens is 1. The van der Waals surface area contributed by atoms with Gasteiger partial charge in [-0.05, 0) is 19.9 Å². The van der Waals surface area contributed by atoms with Crippen LogP contribution in [-0.2, 0) is 4.74 Å². The first kappa shape index (κ1) is 10.3. The Kier molecular flexibility index (Phi) is 4.71. The molecule has 0 fully saturated rings. The van der Waals surface area contributed by atoms with Crippen molar-refractivity contribution >= 4 is 11.6 Å². The summed E-state index contributed by atoms with van der Waals surface area (Å²) in [4.78, 5) is 0. The van der Waals surface area contributed by atoms with Crippen LogP contribution in [0.5, 0.6) is 0 Å². The zero-order valence-corrected chi connectivity index (χ0v) is 7.69. The Morgan fingerprint density at radius 1 is 1.55 bits per heavy atom. The molecule has 0 aromatic carbocycles. The van der Waals surface area contributed by atoms with Gasteiger partial charge in [0.05, 0.1) is 11.1 Å². The molecule has 0 bridgehead atoms. The minimum absolute atomic E-state index is 0.108. The molecule has 1 nitrogen and oxygen atoms in total. The Morgan fingerprint density at radius 2 is 2.09 bits per heavy atom. The van der Waals surface area contributed by atoms with E-state index >= 15 is 0 Å². The SMILES string of the molecule is C=C/C=C(/OC(C)C)C(=C)Cl. The van der Waals surface area contributed by atoms with Crippen molar-refractivity contribution in [3.63, 3.8) is 0 Å².